The first-order valence-electron chi connectivity index (χ1n) is 9.18. The molecule has 7 heteroatoms. The minimum atomic E-state index is -0.321. The summed E-state index contributed by atoms with van der Waals surface area (Å²) in [6.45, 7) is 4.20. The van der Waals surface area contributed by atoms with Gasteiger partial charge in [0.15, 0.2) is 0 Å². The van der Waals surface area contributed by atoms with Crippen molar-refractivity contribution in [2.45, 2.75) is 58.0 Å². The van der Waals surface area contributed by atoms with Crippen LogP contribution in [0.3, 0.4) is 0 Å². The van der Waals surface area contributed by atoms with E-state index >= 15 is 0 Å². The molecule has 1 aromatic carbocycles. The minimum Gasteiger partial charge on any atom is -0.348 e. The Balaban J connectivity index is 0.00000338. The zero-order chi connectivity index (χ0) is 18.2. The second-order valence-electron chi connectivity index (χ2n) is 7.01. The van der Waals surface area contributed by atoms with Gasteiger partial charge in [0.1, 0.15) is 0 Å². The monoisotopic (exact) mass is 382 g/mol. The van der Waals surface area contributed by atoms with Crippen LogP contribution in [0.4, 0.5) is 10.5 Å². The number of para-hydroxylation sites is 1. The number of rotatable bonds is 6. The van der Waals surface area contributed by atoms with Crippen LogP contribution < -0.4 is 21.7 Å². The Morgan fingerprint density at radius 3 is 2.38 bits per heavy atom. The molecular formula is C19H31ClN4O2. The highest BCUT2D eigenvalue weighted by Gasteiger charge is 2.25. The van der Waals surface area contributed by atoms with Crippen molar-refractivity contribution >= 4 is 30.0 Å². The summed E-state index contributed by atoms with van der Waals surface area (Å²) in [5.41, 5.74) is 6.86. The van der Waals surface area contributed by atoms with Crippen LogP contribution in [-0.2, 0) is 0 Å². The van der Waals surface area contributed by atoms with Gasteiger partial charge in [0.05, 0.1) is 11.3 Å². The molecular weight excluding hydrogens is 352 g/mol. The molecule has 1 aromatic rings. The highest BCUT2D eigenvalue weighted by molar-refractivity contribution is 6.03. The highest BCUT2D eigenvalue weighted by Crippen LogP contribution is 2.26. The van der Waals surface area contributed by atoms with Crippen molar-refractivity contribution in [1.29, 1.82) is 0 Å². The lowest BCUT2D eigenvalue weighted by molar-refractivity contribution is 0.0916. The molecule has 0 aliphatic heterocycles. The third-order valence-electron chi connectivity index (χ3n) is 4.63. The molecule has 2 rings (SSSR count). The summed E-state index contributed by atoms with van der Waals surface area (Å²) in [4.78, 5) is 24.7. The maximum Gasteiger partial charge on any atom is 0.319 e. The van der Waals surface area contributed by atoms with Crippen LogP contribution in [0.2, 0.25) is 0 Å². The third kappa shape index (κ3) is 6.50. The van der Waals surface area contributed by atoms with Gasteiger partial charge in [-0.25, -0.2) is 4.79 Å². The molecule has 1 aliphatic rings. The number of nitrogens with two attached hydrogens (primary N) is 1. The quantitative estimate of drug-likeness (QED) is 0.607. The zero-order valence-electron chi connectivity index (χ0n) is 15.6. The standard InChI is InChI=1S/C19H30N4O2.ClH/c1-13(2)21-19(25)23-16-11-7-6-10-15(16)18(24)22-17(12-20)14-8-4-3-5-9-14;/h6-7,10-11,13-14,17H,3-5,8-9,12,20H2,1-2H3,(H,22,24)(H2,21,23,25);1H. The van der Waals surface area contributed by atoms with E-state index < -0.39 is 0 Å². The van der Waals surface area contributed by atoms with E-state index in [9.17, 15) is 9.59 Å². The molecule has 0 bridgehead atoms. The van der Waals surface area contributed by atoms with Gasteiger partial charge in [-0.05, 0) is 44.7 Å². The predicted molar refractivity (Wildman–Crippen MR) is 108 cm³/mol. The Morgan fingerprint density at radius 2 is 1.77 bits per heavy atom. The van der Waals surface area contributed by atoms with E-state index in [1.54, 1.807) is 24.3 Å². The number of carbonyl (C=O) groups is 2. The van der Waals surface area contributed by atoms with Crippen LogP contribution in [0.25, 0.3) is 0 Å². The molecule has 6 nitrogen and oxygen atoms in total. The Hall–Kier alpha value is -1.79. The Kier molecular flexibility index (Phi) is 9.44. The van der Waals surface area contributed by atoms with Gasteiger partial charge in [-0.15, -0.1) is 12.4 Å². The lowest BCUT2D eigenvalue weighted by Crippen LogP contribution is -2.46. The molecule has 1 atom stereocenters. The molecule has 1 aliphatic carbocycles. The van der Waals surface area contributed by atoms with Crippen molar-refractivity contribution in [2.75, 3.05) is 11.9 Å². The number of anilines is 1. The first-order valence-corrected chi connectivity index (χ1v) is 9.18. The van der Waals surface area contributed by atoms with Crippen LogP contribution in [0.5, 0.6) is 0 Å². The smallest absolute Gasteiger partial charge is 0.319 e. The highest BCUT2D eigenvalue weighted by atomic mass is 35.5. The zero-order valence-corrected chi connectivity index (χ0v) is 16.4. The number of benzene rings is 1. The van der Waals surface area contributed by atoms with E-state index in [0.29, 0.717) is 23.7 Å². The van der Waals surface area contributed by atoms with E-state index in [2.05, 4.69) is 16.0 Å². The van der Waals surface area contributed by atoms with Gasteiger partial charge in [0.2, 0.25) is 0 Å². The fourth-order valence-corrected chi connectivity index (χ4v) is 3.36. The maximum absolute atomic E-state index is 12.7. The summed E-state index contributed by atoms with van der Waals surface area (Å²) in [5, 5.41) is 8.58. The molecule has 1 fully saturated rings. The van der Waals surface area contributed by atoms with Gasteiger partial charge >= 0.3 is 6.03 Å². The van der Waals surface area contributed by atoms with Gasteiger partial charge in [-0.1, -0.05) is 31.4 Å². The Labute approximate surface area is 162 Å². The Bertz CT molecular complexity index is 589. The number of amides is 3. The van der Waals surface area contributed by atoms with Crippen LogP contribution in [0.15, 0.2) is 24.3 Å². The van der Waals surface area contributed by atoms with E-state index in [1.807, 2.05) is 13.8 Å². The molecule has 146 valence electrons. The van der Waals surface area contributed by atoms with Gasteiger partial charge < -0.3 is 21.7 Å². The molecule has 0 spiro atoms. The molecule has 0 heterocycles. The van der Waals surface area contributed by atoms with E-state index in [4.69, 9.17) is 5.73 Å². The first-order chi connectivity index (χ1) is 12.0. The number of urea groups is 1. The van der Waals surface area contributed by atoms with Gasteiger partial charge in [0, 0.05) is 18.6 Å². The molecule has 1 unspecified atom stereocenters. The molecule has 26 heavy (non-hydrogen) atoms. The number of halogens is 1. The number of carbonyl (C=O) groups excluding carboxylic acids is 2. The second-order valence-corrected chi connectivity index (χ2v) is 7.01. The second kappa shape index (κ2) is 11.0. The summed E-state index contributed by atoms with van der Waals surface area (Å²) in [6.07, 6.45) is 5.88. The molecule has 0 saturated heterocycles. The number of hydrogen-bond acceptors (Lipinski definition) is 3. The van der Waals surface area contributed by atoms with Gasteiger partial charge in [-0.3, -0.25) is 4.79 Å². The lowest BCUT2D eigenvalue weighted by atomic mass is 9.84. The van der Waals surface area contributed by atoms with E-state index in [1.165, 1.54) is 19.3 Å². The van der Waals surface area contributed by atoms with Crippen LogP contribution >= 0.6 is 12.4 Å². The number of hydrogen-bond donors (Lipinski definition) is 4. The van der Waals surface area contributed by atoms with Crippen LogP contribution in [0.1, 0.15) is 56.3 Å². The molecule has 3 amide bonds. The van der Waals surface area contributed by atoms with Crippen LogP contribution in [-0.4, -0.2) is 30.6 Å². The lowest BCUT2D eigenvalue weighted by Gasteiger charge is -2.30. The molecule has 0 radical (unpaired) electrons. The molecule has 0 aromatic heterocycles. The third-order valence-corrected chi connectivity index (χ3v) is 4.63. The average Bonchev–Trinajstić information content (AvgIpc) is 2.60. The minimum absolute atomic E-state index is 0. The molecule has 5 N–H and O–H groups in total. The normalized spacial score (nSPS) is 15.7. The largest absolute Gasteiger partial charge is 0.348 e. The fourth-order valence-electron chi connectivity index (χ4n) is 3.36. The van der Waals surface area contributed by atoms with E-state index in [0.717, 1.165) is 12.8 Å². The van der Waals surface area contributed by atoms with Gasteiger partial charge in [-0.2, -0.15) is 0 Å². The maximum atomic E-state index is 12.7. The fraction of sp³-hybridized carbons (Fsp3) is 0.579. The average molecular weight is 383 g/mol. The Morgan fingerprint density at radius 1 is 1.12 bits per heavy atom. The summed E-state index contributed by atoms with van der Waals surface area (Å²) >= 11 is 0. The predicted octanol–water partition coefficient (Wildman–Crippen LogP) is 3.28. The van der Waals surface area contributed by atoms with Crippen LogP contribution in [0, 0.1) is 5.92 Å². The van der Waals surface area contributed by atoms with Crippen molar-refractivity contribution < 1.29 is 9.59 Å². The topological polar surface area (TPSA) is 96.2 Å². The summed E-state index contributed by atoms with van der Waals surface area (Å²) in [5.74, 6) is 0.244. The summed E-state index contributed by atoms with van der Waals surface area (Å²) < 4.78 is 0. The first kappa shape index (κ1) is 22.3. The summed E-state index contributed by atoms with van der Waals surface area (Å²) in [7, 11) is 0. The summed E-state index contributed by atoms with van der Waals surface area (Å²) in [6, 6.07) is 6.71. The molecule has 1 saturated carbocycles. The van der Waals surface area contributed by atoms with E-state index in [-0.39, 0.29) is 36.4 Å². The van der Waals surface area contributed by atoms with Crippen molar-refractivity contribution in [1.82, 2.24) is 10.6 Å². The van der Waals surface area contributed by atoms with Crippen molar-refractivity contribution in [3.63, 3.8) is 0 Å². The number of nitrogens with one attached hydrogen (secondary N) is 3. The van der Waals surface area contributed by atoms with Gasteiger partial charge in [0.25, 0.3) is 5.91 Å². The SMILES string of the molecule is CC(C)NC(=O)Nc1ccccc1C(=O)NC(CN)C1CCCCC1.Cl. The van der Waals surface area contributed by atoms with Crippen molar-refractivity contribution in [2.24, 2.45) is 11.7 Å². The van der Waals surface area contributed by atoms with Crippen molar-refractivity contribution in [3.05, 3.63) is 29.8 Å². The van der Waals surface area contributed by atoms with Crippen molar-refractivity contribution in [3.8, 4) is 0 Å².